The Morgan fingerprint density at radius 3 is 2.45 bits per heavy atom. The van der Waals surface area contributed by atoms with Gasteiger partial charge in [0.2, 0.25) is 10.0 Å². The van der Waals surface area contributed by atoms with E-state index in [1.807, 2.05) is 36.4 Å². The van der Waals surface area contributed by atoms with E-state index in [9.17, 15) is 8.42 Å². The molecule has 33 heavy (non-hydrogen) atoms. The molecule has 1 saturated heterocycles. The second-order valence-electron chi connectivity index (χ2n) is 8.23. The quantitative estimate of drug-likeness (QED) is 0.502. The fourth-order valence-corrected chi connectivity index (χ4v) is 6.09. The minimum Gasteiger partial charge on any atom is -0.494 e. The Bertz CT molecular complexity index is 1260. The van der Waals surface area contributed by atoms with Crippen molar-refractivity contribution >= 4 is 27.0 Å². The van der Waals surface area contributed by atoms with E-state index >= 15 is 0 Å². The topological polar surface area (TPSA) is 73.1 Å². The van der Waals surface area contributed by atoms with Crippen molar-refractivity contribution in [3.63, 3.8) is 0 Å². The van der Waals surface area contributed by atoms with Gasteiger partial charge in [0, 0.05) is 25.0 Å². The van der Waals surface area contributed by atoms with Crippen molar-refractivity contribution in [3.8, 4) is 17.0 Å². The summed E-state index contributed by atoms with van der Waals surface area (Å²) in [7, 11) is -1.87. The van der Waals surface area contributed by atoms with Crippen LogP contribution in [0.4, 0.5) is 5.69 Å². The molecule has 2 aromatic carbocycles. The molecule has 1 aliphatic heterocycles. The van der Waals surface area contributed by atoms with Crippen LogP contribution in [0.15, 0.2) is 63.8 Å². The zero-order valence-corrected chi connectivity index (χ0v) is 20.7. The maximum Gasteiger partial charge on any atom is 0.243 e. The van der Waals surface area contributed by atoms with Gasteiger partial charge < -0.3 is 14.0 Å². The van der Waals surface area contributed by atoms with Crippen molar-refractivity contribution in [1.29, 1.82) is 0 Å². The Hall–Kier alpha value is -2.46. The Balaban J connectivity index is 1.71. The Morgan fingerprint density at radius 1 is 1.09 bits per heavy atom. The van der Waals surface area contributed by atoms with Crippen molar-refractivity contribution in [2.24, 2.45) is 10.9 Å². The summed E-state index contributed by atoms with van der Waals surface area (Å²) in [5, 5.41) is 2.07. The first-order valence-electron chi connectivity index (χ1n) is 10.9. The number of benzene rings is 2. The van der Waals surface area contributed by atoms with Gasteiger partial charge in [0.25, 0.3) is 0 Å². The molecule has 176 valence electrons. The summed E-state index contributed by atoms with van der Waals surface area (Å²) in [6.07, 6.45) is 0. The van der Waals surface area contributed by atoms with Crippen LogP contribution < -0.4 is 9.54 Å². The van der Waals surface area contributed by atoms with Crippen LogP contribution in [0.3, 0.4) is 0 Å². The summed E-state index contributed by atoms with van der Waals surface area (Å²) in [5.41, 5.74) is 2.74. The van der Waals surface area contributed by atoms with Gasteiger partial charge in [-0.2, -0.15) is 4.31 Å². The highest BCUT2D eigenvalue weighted by Gasteiger charge is 2.26. The first kappa shape index (κ1) is 23.7. The number of hydrogen-bond donors (Lipinski definition) is 0. The fraction of sp³-hybridized carbons (Fsp3) is 0.375. The van der Waals surface area contributed by atoms with E-state index in [0.29, 0.717) is 37.1 Å². The molecule has 4 rings (SSSR count). The molecular formula is C24H29N3O4S2. The number of nitrogens with zero attached hydrogens (tertiary/aromatic N) is 3. The lowest BCUT2D eigenvalue weighted by molar-refractivity contribution is 0.0730. The SMILES string of the molecule is COc1ccccc1N=c1scc(-c2ccc(S(=O)(=O)N3CCOCC3)cc2)n1CC(C)C. The van der Waals surface area contributed by atoms with Gasteiger partial charge in [-0.1, -0.05) is 38.1 Å². The van der Waals surface area contributed by atoms with Crippen LogP contribution in [0.25, 0.3) is 11.3 Å². The van der Waals surface area contributed by atoms with Crippen LogP contribution in [0.2, 0.25) is 0 Å². The van der Waals surface area contributed by atoms with Crippen molar-refractivity contribution in [2.75, 3.05) is 33.4 Å². The molecule has 0 saturated carbocycles. The Morgan fingerprint density at radius 2 is 1.79 bits per heavy atom. The number of aromatic nitrogens is 1. The molecule has 0 unspecified atom stereocenters. The Labute approximate surface area is 199 Å². The molecule has 0 radical (unpaired) electrons. The van der Waals surface area contributed by atoms with E-state index < -0.39 is 10.0 Å². The molecule has 0 spiro atoms. The van der Waals surface area contributed by atoms with E-state index in [2.05, 4.69) is 23.8 Å². The molecule has 0 N–H and O–H groups in total. The average molecular weight is 488 g/mol. The van der Waals surface area contributed by atoms with Gasteiger partial charge >= 0.3 is 0 Å². The zero-order chi connectivity index (χ0) is 23.4. The molecule has 0 aliphatic carbocycles. The smallest absolute Gasteiger partial charge is 0.243 e. The second kappa shape index (κ2) is 10.2. The summed E-state index contributed by atoms with van der Waals surface area (Å²) in [6.45, 7) is 6.76. The standard InChI is InChI=1S/C24H29N3O4S2/c1-18(2)16-27-22(17-32-24(27)25-21-6-4-5-7-23(21)30-3)19-8-10-20(11-9-19)33(28,29)26-12-14-31-15-13-26/h4-11,17-18H,12-16H2,1-3H3. The predicted octanol–water partition coefficient (Wildman–Crippen LogP) is 4.13. The molecule has 1 aliphatic rings. The number of thiazole rings is 1. The zero-order valence-electron chi connectivity index (χ0n) is 19.1. The largest absolute Gasteiger partial charge is 0.494 e. The van der Waals surface area contributed by atoms with Gasteiger partial charge in [-0.25, -0.2) is 13.4 Å². The highest BCUT2D eigenvalue weighted by molar-refractivity contribution is 7.89. The van der Waals surface area contributed by atoms with Gasteiger partial charge in [-0.15, -0.1) is 11.3 Å². The van der Waals surface area contributed by atoms with Crippen LogP contribution in [0.5, 0.6) is 5.75 Å². The monoisotopic (exact) mass is 487 g/mol. The third-order valence-corrected chi connectivity index (χ3v) is 8.18. The van der Waals surface area contributed by atoms with Crippen LogP contribution in [-0.2, 0) is 21.3 Å². The molecule has 0 bridgehead atoms. The highest BCUT2D eigenvalue weighted by atomic mass is 32.2. The number of sulfonamides is 1. The lowest BCUT2D eigenvalue weighted by Crippen LogP contribution is -2.40. The molecular weight excluding hydrogens is 458 g/mol. The minimum atomic E-state index is -3.52. The van der Waals surface area contributed by atoms with Crippen molar-refractivity contribution in [1.82, 2.24) is 8.87 Å². The summed E-state index contributed by atoms with van der Waals surface area (Å²) in [6, 6.07) is 14.8. The second-order valence-corrected chi connectivity index (χ2v) is 11.0. The number of para-hydroxylation sites is 2. The van der Waals surface area contributed by atoms with Crippen molar-refractivity contribution < 1.29 is 17.9 Å². The molecule has 9 heteroatoms. The maximum atomic E-state index is 13.0. The van der Waals surface area contributed by atoms with E-state index in [0.717, 1.165) is 34.0 Å². The third kappa shape index (κ3) is 5.22. The summed E-state index contributed by atoms with van der Waals surface area (Å²) in [4.78, 5) is 6.04. The van der Waals surface area contributed by atoms with Crippen LogP contribution in [0, 0.1) is 5.92 Å². The lowest BCUT2D eigenvalue weighted by atomic mass is 10.1. The maximum absolute atomic E-state index is 13.0. The summed E-state index contributed by atoms with van der Waals surface area (Å²) < 4.78 is 40.3. The first-order chi connectivity index (χ1) is 15.9. The molecule has 7 nitrogen and oxygen atoms in total. The van der Waals surface area contributed by atoms with Crippen LogP contribution in [0.1, 0.15) is 13.8 Å². The van der Waals surface area contributed by atoms with Crippen molar-refractivity contribution in [2.45, 2.75) is 25.3 Å². The molecule has 1 aromatic heterocycles. The van der Waals surface area contributed by atoms with Crippen molar-refractivity contribution in [3.05, 3.63) is 58.7 Å². The first-order valence-corrected chi connectivity index (χ1v) is 13.3. The normalized spacial score (nSPS) is 15.8. The van der Waals surface area contributed by atoms with Crippen LogP contribution >= 0.6 is 11.3 Å². The van der Waals surface area contributed by atoms with Gasteiger partial charge in [0.15, 0.2) is 4.80 Å². The number of rotatable bonds is 7. The number of ether oxygens (including phenoxy) is 2. The van der Waals surface area contributed by atoms with Gasteiger partial charge in [0.1, 0.15) is 11.4 Å². The predicted molar refractivity (Wildman–Crippen MR) is 130 cm³/mol. The van der Waals surface area contributed by atoms with E-state index in [-0.39, 0.29) is 0 Å². The van der Waals surface area contributed by atoms with E-state index in [1.54, 1.807) is 30.6 Å². The van der Waals surface area contributed by atoms with Gasteiger partial charge in [0.05, 0.1) is 30.9 Å². The van der Waals surface area contributed by atoms with E-state index in [4.69, 9.17) is 14.5 Å². The van der Waals surface area contributed by atoms with Gasteiger partial charge in [-0.3, -0.25) is 0 Å². The molecule has 3 aromatic rings. The summed E-state index contributed by atoms with van der Waals surface area (Å²) >= 11 is 1.56. The van der Waals surface area contributed by atoms with E-state index in [1.165, 1.54) is 4.31 Å². The van der Waals surface area contributed by atoms with Crippen LogP contribution in [-0.4, -0.2) is 50.7 Å². The highest BCUT2D eigenvalue weighted by Crippen LogP contribution is 2.28. The average Bonchev–Trinajstić information content (AvgIpc) is 3.21. The minimum absolute atomic E-state index is 0.303. The molecule has 2 heterocycles. The fourth-order valence-electron chi connectivity index (χ4n) is 3.75. The number of methoxy groups -OCH3 is 1. The third-order valence-electron chi connectivity index (χ3n) is 5.40. The number of morpholine rings is 1. The Kier molecular flexibility index (Phi) is 7.33. The molecule has 0 atom stereocenters. The molecule has 1 fully saturated rings. The number of hydrogen-bond acceptors (Lipinski definition) is 6. The lowest BCUT2D eigenvalue weighted by Gasteiger charge is -2.26. The van der Waals surface area contributed by atoms with Gasteiger partial charge in [-0.05, 0) is 35.7 Å². The summed E-state index contributed by atoms with van der Waals surface area (Å²) in [5.74, 6) is 1.14. The molecule has 0 amide bonds.